The van der Waals surface area contributed by atoms with Crippen LogP contribution in [-0.2, 0) is 21.2 Å². The fourth-order valence-electron chi connectivity index (χ4n) is 3.27. The van der Waals surface area contributed by atoms with E-state index in [4.69, 9.17) is 4.74 Å². The van der Waals surface area contributed by atoms with Crippen LogP contribution in [0.5, 0.6) is 5.75 Å². The summed E-state index contributed by atoms with van der Waals surface area (Å²) in [4.78, 5) is 12.4. The van der Waals surface area contributed by atoms with Crippen molar-refractivity contribution in [1.29, 1.82) is 0 Å². The molecule has 7 heteroatoms. The quantitative estimate of drug-likeness (QED) is 0.674. The largest absolute Gasteiger partial charge is 0.484 e. The van der Waals surface area contributed by atoms with Crippen LogP contribution in [0.2, 0.25) is 0 Å². The summed E-state index contributed by atoms with van der Waals surface area (Å²) in [7, 11) is -3.44. The number of amides is 1. The molecule has 1 amide bonds. The number of aryl methyl sites for hydroxylation is 1. The highest BCUT2D eigenvalue weighted by molar-refractivity contribution is 7.89. The number of hydrogen-bond acceptors (Lipinski definition) is 4. The highest BCUT2D eigenvalue weighted by atomic mass is 32.2. The fourth-order valence-corrected chi connectivity index (χ4v) is 4.78. The van der Waals surface area contributed by atoms with E-state index in [9.17, 15) is 13.2 Å². The van der Waals surface area contributed by atoms with Gasteiger partial charge in [-0.05, 0) is 67.6 Å². The van der Waals surface area contributed by atoms with Crippen LogP contribution in [0.1, 0.15) is 38.2 Å². The van der Waals surface area contributed by atoms with Gasteiger partial charge in [-0.3, -0.25) is 4.79 Å². The van der Waals surface area contributed by atoms with E-state index in [1.165, 1.54) is 22.0 Å². The zero-order valence-electron chi connectivity index (χ0n) is 16.8. The molecule has 0 aliphatic carbocycles. The van der Waals surface area contributed by atoms with E-state index < -0.39 is 10.0 Å². The first-order chi connectivity index (χ1) is 14.0. The lowest BCUT2D eigenvalue weighted by Crippen LogP contribution is -2.27. The van der Waals surface area contributed by atoms with Crippen LogP contribution in [-0.4, -0.2) is 38.3 Å². The van der Waals surface area contributed by atoms with Crippen molar-refractivity contribution < 1.29 is 17.9 Å². The number of ether oxygens (including phenoxy) is 1. The van der Waals surface area contributed by atoms with Gasteiger partial charge in [-0.25, -0.2) is 8.42 Å². The first kappa shape index (κ1) is 21.3. The van der Waals surface area contributed by atoms with Gasteiger partial charge in [-0.1, -0.05) is 25.5 Å². The second kappa shape index (κ2) is 9.89. The minimum atomic E-state index is -3.44. The highest BCUT2D eigenvalue weighted by Gasteiger charge is 2.26. The molecule has 29 heavy (non-hydrogen) atoms. The third kappa shape index (κ3) is 5.81. The molecule has 156 valence electrons. The standard InChI is InChI=1S/C22H28N2O4S/c1-2-3-6-18-7-9-19(10-8-18)23-22(25)17-28-20-11-13-21(14-12-20)29(26,27)24-15-4-5-16-24/h7-14H,2-6,15-17H2,1H3,(H,23,25). The van der Waals surface area contributed by atoms with Gasteiger partial charge < -0.3 is 10.1 Å². The summed E-state index contributed by atoms with van der Waals surface area (Å²) in [5.41, 5.74) is 1.98. The number of carbonyl (C=O) groups is 1. The van der Waals surface area contributed by atoms with Crippen LogP contribution in [0.3, 0.4) is 0 Å². The molecule has 1 fully saturated rings. The Bertz CT molecular complexity index is 903. The zero-order valence-corrected chi connectivity index (χ0v) is 17.6. The van der Waals surface area contributed by atoms with Crippen molar-refractivity contribution in [3.63, 3.8) is 0 Å². The third-order valence-corrected chi connectivity index (χ3v) is 6.87. The summed E-state index contributed by atoms with van der Waals surface area (Å²) in [6.07, 6.45) is 5.14. The van der Waals surface area contributed by atoms with E-state index in [-0.39, 0.29) is 17.4 Å². The first-order valence-corrected chi connectivity index (χ1v) is 11.5. The van der Waals surface area contributed by atoms with E-state index >= 15 is 0 Å². The van der Waals surface area contributed by atoms with E-state index in [1.807, 2.05) is 24.3 Å². The summed E-state index contributed by atoms with van der Waals surface area (Å²) in [5.74, 6) is 0.190. The maximum atomic E-state index is 12.5. The van der Waals surface area contributed by atoms with Crippen LogP contribution >= 0.6 is 0 Å². The van der Waals surface area contributed by atoms with Crippen molar-refractivity contribution in [1.82, 2.24) is 4.31 Å². The average molecular weight is 417 g/mol. The second-order valence-electron chi connectivity index (χ2n) is 7.22. The van der Waals surface area contributed by atoms with Crippen LogP contribution in [0, 0.1) is 0 Å². The lowest BCUT2D eigenvalue weighted by atomic mass is 10.1. The molecule has 0 atom stereocenters. The molecule has 0 saturated carbocycles. The summed E-state index contributed by atoms with van der Waals surface area (Å²) in [5, 5.41) is 2.80. The second-order valence-corrected chi connectivity index (χ2v) is 9.16. The maximum Gasteiger partial charge on any atom is 0.262 e. The Morgan fingerprint density at radius 2 is 1.69 bits per heavy atom. The van der Waals surface area contributed by atoms with Crippen molar-refractivity contribution in [2.24, 2.45) is 0 Å². The summed E-state index contributed by atoms with van der Waals surface area (Å²) >= 11 is 0. The van der Waals surface area contributed by atoms with Crippen molar-refractivity contribution in [2.75, 3.05) is 25.0 Å². The van der Waals surface area contributed by atoms with Gasteiger partial charge in [0.1, 0.15) is 5.75 Å². The molecule has 0 aromatic heterocycles. The number of unbranched alkanes of at least 4 members (excludes halogenated alkanes) is 1. The van der Waals surface area contributed by atoms with Gasteiger partial charge in [0, 0.05) is 18.8 Å². The van der Waals surface area contributed by atoms with E-state index in [1.54, 1.807) is 12.1 Å². The normalized spacial score (nSPS) is 14.7. The fraction of sp³-hybridized carbons (Fsp3) is 0.409. The molecule has 0 radical (unpaired) electrons. The molecule has 0 spiro atoms. The van der Waals surface area contributed by atoms with E-state index in [0.29, 0.717) is 18.8 Å². The molecule has 0 unspecified atom stereocenters. The minimum absolute atomic E-state index is 0.143. The Morgan fingerprint density at radius 3 is 2.31 bits per heavy atom. The van der Waals surface area contributed by atoms with Gasteiger partial charge in [0.25, 0.3) is 5.91 Å². The van der Waals surface area contributed by atoms with Crippen LogP contribution in [0.25, 0.3) is 0 Å². The SMILES string of the molecule is CCCCc1ccc(NC(=O)COc2ccc(S(=O)(=O)N3CCCC3)cc2)cc1. The molecule has 2 aromatic rings. The summed E-state index contributed by atoms with van der Waals surface area (Å²) < 4.78 is 32.0. The Kier molecular flexibility index (Phi) is 7.28. The number of hydrogen-bond donors (Lipinski definition) is 1. The van der Waals surface area contributed by atoms with Gasteiger partial charge in [0.2, 0.25) is 10.0 Å². The van der Waals surface area contributed by atoms with Crippen LogP contribution < -0.4 is 10.1 Å². The third-order valence-electron chi connectivity index (χ3n) is 4.95. The number of rotatable bonds is 9. The van der Waals surface area contributed by atoms with Gasteiger partial charge in [-0.15, -0.1) is 0 Å². The molecule has 3 rings (SSSR count). The Labute approximate surface area is 172 Å². The zero-order chi connectivity index (χ0) is 20.7. The predicted molar refractivity (Wildman–Crippen MR) is 114 cm³/mol. The lowest BCUT2D eigenvalue weighted by molar-refractivity contribution is -0.118. The van der Waals surface area contributed by atoms with Crippen molar-refractivity contribution in [2.45, 2.75) is 43.9 Å². The average Bonchev–Trinajstić information content (AvgIpc) is 3.28. The smallest absolute Gasteiger partial charge is 0.262 e. The molecule has 6 nitrogen and oxygen atoms in total. The van der Waals surface area contributed by atoms with Crippen molar-refractivity contribution in [3.05, 3.63) is 54.1 Å². The Morgan fingerprint density at radius 1 is 1.03 bits per heavy atom. The van der Waals surface area contributed by atoms with Crippen molar-refractivity contribution in [3.8, 4) is 5.75 Å². The van der Waals surface area contributed by atoms with Crippen LogP contribution in [0.15, 0.2) is 53.4 Å². The topological polar surface area (TPSA) is 75.7 Å². The number of anilines is 1. The predicted octanol–water partition coefficient (Wildman–Crippen LogP) is 3.83. The number of benzene rings is 2. The molecular formula is C22H28N2O4S. The molecule has 1 N–H and O–H groups in total. The molecule has 1 aliphatic heterocycles. The molecule has 1 aliphatic rings. The van der Waals surface area contributed by atoms with Gasteiger partial charge in [0.05, 0.1) is 4.90 Å². The number of nitrogens with one attached hydrogen (secondary N) is 1. The number of sulfonamides is 1. The molecular weight excluding hydrogens is 388 g/mol. The minimum Gasteiger partial charge on any atom is -0.484 e. The van der Waals surface area contributed by atoms with Gasteiger partial charge in [-0.2, -0.15) is 4.31 Å². The summed E-state index contributed by atoms with van der Waals surface area (Å²) in [6.45, 7) is 3.16. The van der Waals surface area contributed by atoms with Gasteiger partial charge in [0.15, 0.2) is 6.61 Å². The Hall–Kier alpha value is -2.38. The molecule has 1 saturated heterocycles. The number of nitrogens with zero attached hydrogens (tertiary/aromatic N) is 1. The van der Waals surface area contributed by atoms with Crippen molar-refractivity contribution >= 4 is 21.6 Å². The molecule has 2 aromatic carbocycles. The highest BCUT2D eigenvalue weighted by Crippen LogP contribution is 2.23. The first-order valence-electron chi connectivity index (χ1n) is 10.1. The van der Waals surface area contributed by atoms with Gasteiger partial charge >= 0.3 is 0 Å². The summed E-state index contributed by atoms with van der Waals surface area (Å²) in [6, 6.07) is 14.0. The van der Waals surface area contributed by atoms with E-state index in [0.717, 1.165) is 37.8 Å². The van der Waals surface area contributed by atoms with Crippen LogP contribution in [0.4, 0.5) is 5.69 Å². The lowest BCUT2D eigenvalue weighted by Gasteiger charge is -2.15. The molecule has 0 bridgehead atoms. The monoisotopic (exact) mass is 416 g/mol. The Balaban J connectivity index is 1.50. The number of carbonyl (C=O) groups excluding carboxylic acids is 1. The maximum absolute atomic E-state index is 12.5. The molecule has 1 heterocycles. The van der Waals surface area contributed by atoms with E-state index in [2.05, 4.69) is 12.2 Å².